The second-order valence-corrected chi connectivity index (χ2v) is 8.53. The van der Waals surface area contributed by atoms with Crippen LogP contribution >= 0.6 is 11.6 Å². The number of nitrogens with one attached hydrogen (secondary N) is 2. The normalized spacial score (nSPS) is 12.3. The third-order valence-electron chi connectivity index (χ3n) is 5.09. The van der Waals surface area contributed by atoms with Gasteiger partial charge in [-0.1, -0.05) is 23.7 Å². The molecule has 1 atom stereocenters. The Hall–Kier alpha value is -3.44. The first-order valence-electron chi connectivity index (χ1n) is 10.8. The first-order chi connectivity index (χ1) is 16.9. The summed E-state index contributed by atoms with van der Waals surface area (Å²) in [5.74, 6) is -4.94. The summed E-state index contributed by atoms with van der Waals surface area (Å²) < 4.78 is 60.1. The van der Waals surface area contributed by atoms with Crippen LogP contribution in [-0.2, 0) is 16.1 Å². The Bertz CT molecular complexity index is 1260. The van der Waals surface area contributed by atoms with Gasteiger partial charge in [-0.3, -0.25) is 15.1 Å². The second-order valence-electron chi connectivity index (χ2n) is 8.15. The fourth-order valence-corrected chi connectivity index (χ4v) is 3.68. The van der Waals surface area contributed by atoms with Gasteiger partial charge in [0.1, 0.15) is 24.1 Å². The number of amides is 2. The number of rotatable bonds is 9. The number of fused-ring (bicyclic) bond motifs is 1. The number of hydrogen-bond donors (Lipinski definition) is 2. The van der Waals surface area contributed by atoms with Gasteiger partial charge < -0.3 is 4.74 Å². The van der Waals surface area contributed by atoms with Crippen LogP contribution < -0.4 is 10.7 Å². The Morgan fingerprint density at radius 3 is 2.61 bits per heavy atom. The molecular formula is C24H23ClF4N4O3. The monoisotopic (exact) mass is 526 g/mol. The van der Waals surface area contributed by atoms with Crippen LogP contribution in [0, 0.1) is 11.6 Å². The van der Waals surface area contributed by atoms with Crippen molar-refractivity contribution in [2.75, 3.05) is 11.9 Å². The van der Waals surface area contributed by atoms with Gasteiger partial charge in [-0.15, -0.1) is 0 Å². The standard InChI is InChI=1S/C24H23ClF4N4O3/c1-14(34)33(31-12-16-4-3-5-20(27)22(16)25)19(10-24(2,28)29)13-36-23(35)32-21-9-17-8-18(26)7-6-15(17)11-30-21/h3-9,11,19,31H,10,12-13H2,1-2H3,(H,30,32,35). The van der Waals surface area contributed by atoms with Crippen LogP contribution in [0.15, 0.2) is 48.7 Å². The lowest BCUT2D eigenvalue weighted by molar-refractivity contribution is -0.139. The number of benzene rings is 2. The molecule has 0 aliphatic rings. The summed E-state index contributed by atoms with van der Waals surface area (Å²) >= 11 is 5.92. The van der Waals surface area contributed by atoms with Crippen molar-refractivity contribution in [1.82, 2.24) is 15.4 Å². The van der Waals surface area contributed by atoms with E-state index in [1.807, 2.05) is 0 Å². The molecule has 12 heteroatoms. The molecule has 0 saturated heterocycles. The molecule has 192 valence electrons. The highest BCUT2D eigenvalue weighted by Crippen LogP contribution is 2.24. The van der Waals surface area contributed by atoms with E-state index >= 15 is 0 Å². The minimum absolute atomic E-state index is 0.0535. The molecule has 0 aliphatic carbocycles. The van der Waals surface area contributed by atoms with Crippen molar-refractivity contribution < 1.29 is 31.9 Å². The van der Waals surface area contributed by atoms with Gasteiger partial charge in [-0.25, -0.2) is 32.8 Å². The van der Waals surface area contributed by atoms with Gasteiger partial charge in [0.2, 0.25) is 11.8 Å². The molecule has 0 aliphatic heterocycles. The molecule has 2 aromatic carbocycles. The maximum atomic E-state index is 13.9. The van der Waals surface area contributed by atoms with Crippen LogP contribution in [0.2, 0.25) is 5.02 Å². The molecule has 0 radical (unpaired) electrons. The van der Waals surface area contributed by atoms with Crippen LogP contribution in [-0.4, -0.2) is 40.6 Å². The van der Waals surface area contributed by atoms with E-state index in [-0.39, 0.29) is 17.4 Å². The Kier molecular flexibility index (Phi) is 8.70. The Labute approximate surface area is 209 Å². The molecule has 1 unspecified atom stereocenters. The van der Waals surface area contributed by atoms with Gasteiger partial charge in [0.15, 0.2) is 0 Å². The highest BCUT2D eigenvalue weighted by atomic mass is 35.5. The number of hydrazine groups is 1. The summed E-state index contributed by atoms with van der Waals surface area (Å²) in [6, 6.07) is 8.27. The zero-order valence-corrected chi connectivity index (χ0v) is 20.1. The Balaban J connectivity index is 1.69. The predicted octanol–water partition coefficient (Wildman–Crippen LogP) is 5.68. The van der Waals surface area contributed by atoms with E-state index < -0.39 is 48.6 Å². The van der Waals surface area contributed by atoms with Crippen LogP contribution in [0.5, 0.6) is 0 Å². The topological polar surface area (TPSA) is 83.6 Å². The summed E-state index contributed by atoms with van der Waals surface area (Å²) in [5, 5.41) is 4.18. The molecular weight excluding hydrogens is 504 g/mol. The summed E-state index contributed by atoms with van der Waals surface area (Å²) in [5.41, 5.74) is 2.96. The van der Waals surface area contributed by atoms with E-state index in [0.29, 0.717) is 23.3 Å². The largest absolute Gasteiger partial charge is 0.447 e. The van der Waals surface area contributed by atoms with E-state index in [2.05, 4.69) is 15.7 Å². The van der Waals surface area contributed by atoms with Crippen LogP contribution in [0.3, 0.4) is 0 Å². The van der Waals surface area contributed by atoms with E-state index in [0.717, 1.165) is 18.0 Å². The maximum absolute atomic E-state index is 13.9. The predicted molar refractivity (Wildman–Crippen MR) is 126 cm³/mol. The van der Waals surface area contributed by atoms with Gasteiger partial charge in [0.05, 0.1) is 11.1 Å². The van der Waals surface area contributed by atoms with E-state index in [1.54, 1.807) is 0 Å². The lowest BCUT2D eigenvalue weighted by Crippen LogP contribution is -2.52. The summed E-state index contributed by atoms with van der Waals surface area (Å²) in [6.45, 7) is 1.06. The molecule has 7 nitrogen and oxygen atoms in total. The maximum Gasteiger partial charge on any atom is 0.412 e. The number of hydrogen-bond acceptors (Lipinski definition) is 5. The zero-order chi connectivity index (χ0) is 26.5. The molecule has 36 heavy (non-hydrogen) atoms. The first-order valence-corrected chi connectivity index (χ1v) is 11.1. The van der Waals surface area contributed by atoms with Crippen molar-refractivity contribution in [2.45, 2.75) is 38.8 Å². The summed E-state index contributed by atoms with van der Waals surface area (Å²) in [4.78, 5) is 28.6. The summed E-state index contributed by atoms with van der Waals surface area (Å²) in [6.07, 6.45) is -0.430. The molecule has 1 aromatic heterocycles. The number of nitrogens with zero attached hydrogens (tertiary/aromatic N) is 2. The SMILES string of the molecule is CC(=O)N(NCc1cccc(F)c1Cl)C(COC(=O)Nc1cc2cc(F)ccc2cn1)CC(C)(F)F. The number of aromatic nitrogens is 1. The average Bonchev–Trinajstić information content (AvgIpc) is 2.78. The van der Waals surface area contributed by atoms with Gasteiger partial charge in [0.25, 0.3) is 0 Å². The van der Waals surface area contributed by atoms with Crippen molar-refractivity contribution in [3.63, 3.8) is 0 Å². The van der Waals surface area contributed by atoms with Crippen LogP contribution in [0.1, 0.15) is 25.8 Å². The van der Waals surface area contributed by atoms with Crippen LogP contribution in [0.4, 0.5) is 28.2 Å². The number of ether oxygens (including phenoxy) is 1. The van der Waals surface area contributed by atoms with Crippen molar-refractivity contribution in [1.29, 1.82) is 0 Å². The van der Waals surface area contributed by atoms with Crippen molar-refractivity contribution in [3.8, 4) is 0 Å². The fraction of sp³-hybridized carbons (Fsp3) is 0.292. The lowest BCUT2D eigenvalue weighted by atomic mass is 10.1. The number of carbonyl (C=O) groups is 2. The molecule has 1 heterocycles. The zero-order valence-electron chi connectivity index (χ0n) is 19.3. The second kappa shape index (κ2) is 11.5. The molecule has 0 saturated carbocycles. The molecule has 0 spiro atoms. The molecule has 3 aromatic rings. The molecule has 2 N–H and O–H groups in total. The van der Waals surface area contributed by atoms with Crippen molar-refractivity contribution in [3.05, 3.63) is 70.9 Å². The minimum Gasteiger partial charge on any atom is -0.447 e. The molecule has 3 rings (SSSR count). The van der Waals surface area contributed by atoms with E-state index in [1.165, 1.54) is 42.6 Å². The third-order valence-corrected chi connectivity index (χ3v) is 5.51. The quantitative estimate of drug-likeness (QED) is 0.277. The van der Waals surface area contributed by atoms with Gasteiger partial charge in [-0.05, 0) is 48.2 Å². The lowest BCUT2D eigenvalue weighted by Gasteiger charge is -2.32. The average molecular weight is 527 g/mol. The molecule has 0 bridgehead atoms. The van der Waals surface area contributed by atoms with Gasteiger partial charge in [-0.2, -0.15) is 0 Å². The third kappa shape index (κ3) is 7.53. The first kappa shape index (κ1) is 27.2. The van der Waals surface area contributed by atoms with Gasteiger partial charge >= 0.3 is 6.09 Å². The molecule has 0 fully saturated rings. The van der Waals surface area contributed by atoms with Crippen molar-refractivity contribution >= 4 is 40.2 Å². The minimum atomic E-state index is -3.21. The number of pyridine rings is 1. The van der Waals surface area contributed by atoms with E-state index in [9.17, 15) is 27.2 Å². The number of alkyl halides is 2. The van der Waals surface area contributed by atoms with E-state index in [4.69, 9.17) is 16.3 Å². The Morgan fingerprint density at radius 2 is 1.92 bits per heavy atom. The smallest absolute Gasteiger partial charge is 0.412 e. The summed E-state index contributed by atoms with van der Waals surface area (Å²) in [7, 11) is 0. The highest BCUT2D eigenvalue weighted by Gasteiger charge is 2.33. The number of anilines is 1. The molecule has 2 amide bonds. The fourth-order valence-electron chi connectivity index (χ4n) is 3.48. The van der Waals surface area contributed by atoms with Gasteiger partial charge in [0, 0.05) is 31.5 Å². The Morgan fingerprint density at radius 1 is 1.17 bits per heavy atom. The highest BCUT2D eigenvalue weighted by molar-refractivity contribution is 6.31. The van der Waals surface area contributed by atoms with Crippen molar-refractivity contribution in [2.24, 2.45) is 0 Å². The number of carbonyl (C=O) groups excluding carboxylic acids is 2. The number of halogens is 5. The van der Waals surface area contributed by atoms with Crippen LogP contribution in [0.25, 0.3) is 10.8 Å².